The Morgan fingerprint density at radius 3 is 2.66 bits per heavy atom. The molecule has 1 spiro atoms. The molecule has 5 atom stereocenters. The quantitative estimate of drug-likeness (QED) is 0.576. The molecule has 1 unspecified atom stereocenters. The Kier molecular flexibility index (Phi) is 5.22. The molecule has 1 aromatic heterocycles. The van der Waals surface area contributed by atoms with Gasteiger partial charge in [0, 0.05) is 23.1 Å². The van der Waals surface area contributed by atoms with E-state index in [1.165, 1.54) is 42.5 Å². The summed E-state index contributed by atoms with van der Waals surface area (Å²) in [6.07, 6.45) is 7.80. The van der Waals surface area contributed by atoms with Crippen LogP contribution in [0.1, 0.15) is 68.2 Å². The van der Waals surface area contributed by atoms with Crippen LogP contribution in [0, 0.1) is 17.8 Å². The van der Waals surface area contributed by atoms with Gasteiger partial charge in [-0.1, -0.05) is 62.6 Å². The van der Waals surface area contributed by atoms with Crippen LogP contribution < -0.4 is 0 Å². The number of carbonyl (C=O) groups excluding carboxylic acids is 1. The number of fused-ring (bicyclic) bond motifs is 1. The van der Waals surface area contributed by atoms with Crippen LogP contribution in [0.3, 0.4) is 0 Å². The lowest BCUT2D eigenvalue weighted by Crippen LogP contribution is -2.52. The van der Waals surface area contributed by atoms with E-state index in [4.69, 9.17) is 9.73 Å². The molecule has 168 valence electrons. The molecule has 2 saturated carbocycles. The Balaban J connectivity index is 1.40. The number of likely N-dealkylation sites (tertiary alicyclic amines) is 1. The van der Waals surface area contributed by atoms with Crippen LogP contribution in [-0.2, 0) is 16.1 Å². The van der Waals surface area contributed by atoms with Gasteiger partial charge in [-0.25, -0.2) is 0 Å². The van der Waals surface area contributed by atoms with Crippen LogP contribution in [0.4, 0.5) is 0 Å². The highest BCUT2D eigenvalue weighted by Gasteiger charge is 2.62. The number of benzene rings is 1. The van der Waals surface area contributed by atoms with Gasteiger partial charge in [0.1, 0.15) is 0 Å². The van der Waals surface area contributed by atoms with Crippen LogP contribution in [0.2, 0.25) is 0 Å². The summed E-state index contributed by atoms with van der Waals surface area (Å²) < 4.78 is 6.93. The van der Waals surface area contributed by atoms with E-state index in [0.29, 0.717) is 18.4 Å². The van der Waals surface area contributed by atoms with Crippen molar-refractivity contribution in [2.45, 2.75) is 76.3 Å². The smallest absolute Gasteiger partial charge is 0.229 e. The number of rotatable bonds is 4. The van der Waals surface area contributed by atoms with Gasteiger partial charge in [-0.2, -0.15) is 0 Å². The van der Waals surface area contributed by atoms with E-state index in [0.717, 1.165) is 18.6 Å². The summed E-state index contributed by atoms with van der Waals surface area (Å²) in [7, 11) is 0. The average molecular weight is 449 g/mol. The fourth-order valence-corrected chi connectivity index (χ4v) is 7.30. The summed E-state index contributed by atoms with van der Waals surface area (Å²) in [5.41, 5.74) is 1.80. The van der Waals surface area contributed by atoms with Crippen LogP contribution >= 0.6 is 11.3 Å². The molecule has 3 fully saturated rings. The number of amides is 1. The highest BCUT2D eigenvalue weighted by Crippen LogP contribution is 2.54. The summed E-state index contributed by atoms with van der Waals surface area (Å²) in [6, 6.07) is 14.9. The standard InChI is InChI=1S/C27H32N2O2S/c1-18-22(19-9-4-2-5-10-19)15-24-27(31-25(28-24)20-11-6-3-7-12-20)16-23(18)26(30)29(27)17-21-13-8-14-32-21/h2,4-5,8-10,13-14,18,20,22-23,25H,3,6-7,11-12,15-17H2,1H3/t18-,22+,23?,25-,27+/m1/s1. The Labute approximate surface area is 194 Å². The molecule has 2 aliphatic carbocycles. The van der Waals surface area contributed by atoms with E-state index in [2.05, 4.69) is 59.7 Å². The molecule has 0 radical (unpaired) electrons. The van der Waals surface area contributed by atoms with Crippen molar-refractivity contribution in [1.82, 2.24) is 4.90 Å². The fourth-order valence-electron chi connectivity index (χ4n) is 6.61. The fraction of sp³-hybridized carbons (Fsp3) is 0.556. The molecule has 0 N–H and O–H groups in total. The second-order valence-electron chi connectivity index (χ2n) is 10.2. The molecule has 5 heteroatoms. The van der Waals surface area contributed by atoms with Gasteiger partial charge in [0.15, 0.2) is 12.0 Å². The molecule has 2 bridgehead atoms. The van der Waals surface area contributed by atoms with Crippen molar-refractivity contribution in [1.29, 1.82) is 0 Å². The van der Waals surface area contributed by atoms with Crippen molar-refractivity contribution in [3.8, 4) is 0 Å². The predicted octanol–water partition coefficient (Wildman–Crippen LogP) is 5.99. The first-order valence-electron chi connectivity index (χ1n) is 12.3. The van der Waals surface area contributed by atoms with Gasteiger partial charge < -0.3 is 9.64 Å². The van der Waals surface area contributed by atoms with Crippen molar-refractivity contribution in [3.63, 3.8) is 0 Å². The molecule has 32 heavy (non-hydrogen) atoms. The molecule has 4 aliphatic rings. The highest BCUT2D eigenvalue weighted by atomic mass is 32.1. The molecule has 4 nitrogen and oxygen atoms in total. The summed E-state index contributed by atoms with van der Waals surface area (Å²) >= 11 is 1.72. The molecule has 1 aromatic carbocycles. The molecule has 6 rings (SSSR count). The monoisotopic (exact) mass is 448 g/mol. The third-order valence-corrected chi connectivity index (χ3v) is 9.28. The maximum Gasteiger partial charge on any atom is 0.229 e. The van der Waals surface area contributed by atoms with Crippen LogP contribution in [0.15, 0.2) is 52.8 Å². The minimum absolute atomic E-state index is 0.0158. The van der Waals surface area contributed by atoms with Gasteiger partial charge >= 0.3 is 0 Å². The van der Waals surface area contributed by atoms with E-state index >= 15 is 0 Å². The number of nitrogens with zero attached hydrogens (tertiary/aromatic N) is 2. The van der Waals surface area contributed by atoms with Gasteiger partial charge in [0.25, 0.3) is 0 Å². The SMILES string of the molecule is C[C@H]1C2C[C@@]3(O[C@H](C4CCCCC4)N=C3C[C@@H]1c1ccccc1)N(Cc1cccs1)C2=O. The molecule has 2 aromatic rings. The Morgan fingerprint density at radius 1 is 1.09 bits per heavy atom. The third-order valence-electron chi connectivity index (χ3n) is 8.42. The first-order chi connectivity index (χ1) is 15.7. The van der Waals surface area contributed by atoms with Crippen LogP contribution in [0.5, 0.6) is 0 Å². The Bertz CT molecular complexity index is 998. The van der Waals surface area contributed by atoms with Gasteiger partial charge in [0.05, 0.1) is 12.3 Å². The minimum atomic E-state index is -0.647. The summed E-state index contributed by atoms with van der Waals surface area (Å²) in [4.78, 5) is 22.4. The Hall–Kier alpha value is -1.98. The maximum absolute atomic E-state index is 13.9. The van der Waals surface area contributed by atoms with Crippen molar-refractivity contribution < 1.29 is 9.53 Å². The second-order valence-corrected chi connectivity index (χ2v) is 11.2. The lowest BCUT2D eigenvalue weighted by Gasteiger charge is -2.38. The van der Waals surface area contributed by atoms with Crippen molar-refractivity contribution >= 4 is 23.0 Å². The van der Waals surface area contributed by atoms with Gasteiger partial charge in [-0.15, -0.1) is 11.3 Å². The number of carbonyl (C=O) groups is 1. The number of aliphatic imine (C=N–C) groups is 1. The van der Waals surface area contributed by atoms with Crippen molar-refractivity contribution in [2.24, 2.45) is 22.7 Å². The van der Waals surface area contributed by atoms with Gasteiger partial charge in [0.2, 0.25) is 5.91 Å². The predicted molar refractivity (Wildman–Crippen MR) is 128 cm³/mol. The minimum Gasteiger partial charge on any atom is -0.325 e. The maximum atomic E-state index is 13.9. The van der Waals surface area contributed by atoms with Crippen LogP contribution in [-0.4, -0.2) is 28.5 Å². The summed E-state index contributed by atoms with van der Waals surface area (Å²) in [6.45, 7) is 2.90. The number of hydrogen-bond acceptors (Lipinski definition) is 4. The molecular formula is C27H32N2O2S. The Morgan fingerprint density at radius 2 is 1.91 bits per heavy atom. The van der Waals surface area contributed by atoms with Crippen molar-refractivity contribution in [3.05, 3.63) is 58.3 Å². The largest absolute Gasteiger partial charge is 0.325 e. The molecule has 2 aliphatic heterocycles. The molecular weight excluding hydrogens is 416 g/mol. The zero-order chi connectivity index (χ0) is 21.7. The molecule has 1 saturated heterocycles. The lowest BCUT2D eigenvalue weighted by molar-refractivity contribution is -0.155. The van der Waals surface area contributed by atoms with E-state index in [1.54, 1.807) is 11.3 Å². The molecule has 3 heterocycles. The number of thiophene rings is 1. The number of ether oxygens (including phenoxy) is 1. The lowest BCUT2D eigenvalue weighted by atomic mass is 9.78. The first kappa shape index (κ1) is 20.6. The van der Waals surface area contributed by atoms with Crippen molar-refractivity contribution in [2.75, 3.05) is 0 Å². The molecule has 1 amide bonds. The van der Waals surface area contributed by atoms with E-state index in [-0.39, 0.29) is 24.0 Å². The van der Waals surface area contributed by atoms with Gasteiger partial charge in [-0.3, -0.25) is 9.79 Å². The summed E-state index contributed by atoms with van der Waals surface area (Å²) in [5, 5.41) is 2.09. The zero-order valence-electron chi connectivity index (χ0n) is 18.8. The third kappa shape index (κ3) is 3.28. The van der Waals surface area contributed by atoms with E-state index < -0.39 is 5.72 Å². The first-order valence-corrected chi connectivity index (χ1v) is 13.2. The highest BCUT2D eigenvalue weighted by molar-refractivity contribution is 7.09. The van der Waals surface area contributed by atoms with E-state index in [1.807, 2.05) is 0 Å². The van der Waals surface area contributed by atoms with Crippen LogP contribution in [0.25, 0.3) is 0 Å². The average Bonchev–Trinajstić information content (AvgIpc) is 3.52. The summed E-state index contributed by atoms with van der Waals surface area (Å²) in [5.74, 6) is 1.30. The van der Waals surface area contributed by atoms with E-state index in [9.17, 15) is 4.79 Å². The zero-order valence-corrected chi connectivity index (χ0v) is 19.6. The normalized spacial score (nSPS) is 35.0. The second kappa shape index (κ2) is 8.11. The number of hydrogen-bond donors (Lipinski definition) is 0. The van der Waals surface area contributed by atoms with Gasteiger partial charge in [-0.05, 0) is 48.1 Å². The topological polar surface area (TPSA) is 41.9 Å².